The summed E-state index contributed by atoms with van der Waals surface area (Å²) < 4.78 is 10.8. The standard InChI is InChI=1S/C27H33N3O6/c1-27(2,3)36-24(32)14-8-13-22(25(33)29-15-23(28)31)30-26(34)35-16-21-19-11-6-4-9-17(19)18-10-5-7-12-20(18)21/h4-7,9-12,21-22H,8,13-16H2,1-3H3,(H2,28,31)(H,29,33)(H,30,34). The maximum Gasteiger partial charge on any atom is 0.407 e. The fraction of sp³-hybridized carbons (Fsp3) is 0.407. The molecule has 0 aromatic heterocycles. The molecule has 9 heteroatoms. The summed E-state index contributed by atoms with van der Waals surface area (Å²) in [6, 6.07) is 14.9. The van der Waals surface area contributed by atoms with Gasteiger partial charge in [0.2, 0.25) is 11.8 Å². The van der Waals surface area contributed by atoms with Crippen LogP contribution in [0.5, 0.6) is 0 Å². The molecular formula is C27H33N3O6. The predicted molar refractivity (Wildman–Crippen MR) is 134 cm³/mol. The van der Waals surface area contributed by atoms with E-state index in [0.29, 0.717) is 0 Å². The van der Waals surface area contributed by atoms with Crippen molar-refractivity contribution in [3.63, 3.8) is 0 Å². The van der Waals surface area contributed by atoms with E-state index in [1.807, 2.05) is 48.5 Å². The first kappa shape index (κ1) is 26.7. The minimum absolute atomic E-state index is 0.0727. The quantitative estimate of drug-likeness (QED) is 0.434. The van der Waals surface area contributed by atoms with Gasteiger partial charge in [0, 0.05) is 12.3 Å². The average Bonchev–Trinajstić information content (AvgIpc) is 3.13. The molecule has 0 saturated carbocycles. The highest BCUT2D eigenvalue weighted by molar-refractivity contribution is 5.89. The predicted octanol–water partition coefficient (Wildman–Crippen LogP) is 3.01. The minimum atomic E-state index is -1.01. The molecule has 36 heavy (non-hydrogen) atoms. The van der Waals surface area contributed by atoms with Crippen molar-refractivity contribution < 1.29 is 28.7 Å². The number of amides is 3. The van der Waals surface area contributed by atoms with E-state index in [9.17, 15) is 19.2 Å². The van der Waals surface area contributed by atoms with Crippen molar-refractivity contribution in [2.75, 3.05) is 13.2 Å². The molecule has 0 bridgehead atoms. The van der Waals surface area contributed by atoms with Crippen LogP contribution < -0.4 is 16.4 Å². The summed E-state index contributed by atoms with van der Waals surface area (Å²) in [5, 5.41) is 4.94. The van der Waals surface area contributed by atoms with Gasteiger partial charge in [-0.2, -0.15) is 0 Å². The Hall–Kier alpha value is -3.88. The molecular weight excluding hydrogens is 462 g/mol. The highest BCUT2D eigenvalue weighted by atomic mass is 16.6. The molecule has 0 heterocycles. The first-order chi connectivity index (χ1) is 17.0. The van der Waals surface area contributed by atoms with Gasteiger partial charge >= 0.3 is 12.1 Å². The Morgan fingerprint density at radius 3 is 2.11 bits per heavy atom. The van der Waals surface area contributed by atoms with Crippen molar-refractivity contribution in [2.45, 2.75) is 57.6 Å². The lowest BCUT2D eigenvalue weighted by atomic mass is 9.98. The van der Waals surface area contributed by atoms with Crippen LogP contribution in [0.25, 0.3) is 11.1 Å². The van der Waals surface area contributed by atoms with Crippen molar-refractivity contribution in [1.82, 2.24) is 10.6 Å². The van der Waals surface area contributed by atoms with Gasteiger partial charge in [-0.05, 0) is 55.9 Å². The number of rotatable bonds is 10. The van der Waals surface area contributed by atoms with Crippen LogP contribution in [-0.2, 0) is 23.9 Å². The molecule has 0 radical (unpaired) electrons. The zero-order valence-electron chi connectivity index (χ0n) is 20.8. The Morgan fingerprint density at radius 1 is 0.972 bits per heavy atom. The van der Waals surface area contributed by atoms with Crippen molar-refractivity contribution in [3.05, 3.63) is 59.7 Å². The lowest BCUT2D eigenvalue weighted by molar-refractivity contribution is -0.155. The molecule has 192 valence electrons. The number of alkyl carbamates (subject to hydrolysis) is 1. The number of esters is 1. The first-order valence-corrected chi connectivity index (χ1v) is 11.9. The number of hydrogen-bond acceptors (Lipinski definition) is 6. The van der Waals surface area contributed by atoms with E-state index in [1.165, 1.54) is 0 Å². The van der Waals surface area contributed by atoms with E-state index < -0.39 is 35.5 Å². The number of carbonyl (C=O) groups is 4. The van der Waals surface area contributed by atoms with Crippen LogP contribution in [0.4, 0.5) is 4.79 Å². The molecule has 1 aliphatic carbocycles. The summed E-state index contributed by atoms with van der Waals surface area (Å²) in [7, 11) is 0. The number of benzene rings is 2. The van der Waals surface area contributed by atoms with E-state index in [4.69, 9.17) is 15.2 Å². The van der Waals surface area contributed by atoms with Crippen LogP contribution in [0.15, 0.2) is 48.5 Å². The minimum Gasteiger partial charge on any atom is -0.460 e. The van der Waals surface area contributed by atoms with Crippen LogP contribution in [0.3, 0.4) is 0 Å². The number of fused-ring (bicyclic) bond motifs is 3. The lowest BCUT2D eigenvalue weighted by Crippen LogP contribution is -2.48. The van der Waals surface area contributed by atoms with Gasteiger partial charge in [-0.1, -0.05) is 48.5 Å². The summed E-state index contributed by atoms with van der Waals surface area (Å²) >= 11 is 0. The average molecular weight is 496 g/mol. The Morgan fingerprint density at radius 2 is 1.56 bits per heavy atom. The molecule has 1 aliphatic rings. The number of ether oxygens (including phenoxy) is 2. The van der Waals surface area contributed by atoms with Gasteiger partial charge in [-0.15, -0.1) is 0 Å². The highest BCUT2D eigenvalue weighted by Gasteiger charge is 2.30. The lowest BCUT2D eigenvalue weighted by Gasteiger charge is -2.21. The van der Waals surface area contributed by atoms with Gasteiger partial charge in [0.25, 0.3) is 0 Å². The molecule has 0 fully saturated rings. The maximum absolute atomic E-state index is 12.7. The SMILES string of the molecule is CC(C)(C)OC(=O)CCCC(NC(=O)OCC1c2ccccc2-c2ccccc21)C(=O)NCC(N)=O. The Balaban J connectivity index is 1.61. The fourth-order valence-corrected chi connectivity index (χ4v) is 4.19. The maximum atomic E-state index is 12.7. The molecule has 1 unspecified atom stereocenters. The topological polar surface area (TPSA) is 137 Å². The molecule has 2 aromatic rings. The van der Waals surface area contributed by atoms with E-state index in [1.54, 1.807) is 20.8 Å². The van der Waals surface area contributed by atoms with Gasteiger partial charge in [-0.25, -0.2) is 4.79 Å². The van der Waals surface area contributed by atoms with Crippen molar-refractivity contribution in [1.29, 1.82) is 0 Å². The molecule has 0 saturated heterocycles. The van der Waals surface area contributed by atoms with E-state index in [-0.39, 0.29) is 38.3 Å². The second-order valence-electron chi connectivity index (χ2n) is 9.69. The summed E-state index contributed by atoms with van der Waals surface area (Å²) in [4.78, 5) is 48.3. The normalized spacial score (nSPS) is 13.2. The third-order valence-electron chi connectivity index (χ3n) is 5.68. The molecule has 9 nitrogen and oxygen atoms in total. The van der Waals surface area contributed by atoms with Crippen molar-refractivity contribution >= 4 is 23.9 Å². The van der Waals surface area contributed by atoms with Crippen LogP contribution >= 0.6 is 0 Å². The largest absolute Gasteiger partial charge is 0.460 e. The van der Waals surface area contributed by atoms with Crippen molar-refractivity contribution in [3.8, 4) is 11.1 Å². The second-order valence-corrected chi connectivity index (χ2v) is 9.69. The Labute approximate surface area is 210 Å². The molecule has 1 atom stereocenters. The van der Waals surface area contributed by atoms with Gasteiger partial charge in [0.15, 0.2) is 0 Å². The highest BCUT2D eigenvalue weighted by Crippen LogP contribution is 2.44. The van der Waals surface area contributed by atoms with Gasteiger partial charge in [0.05, 0.1) is 6.54 Å². The second kappa shape index (κ2) is 11.7. The summed E-state index contributed by atoms with van der Waals surface area (Å²) in [6.45, 7) is 5.03. The summed E-state index contributed by atoms with van der Waals surface area (Å²) in [5.74, 6) is -1.83. The molecule has 2 aromatic carbocycles. The molecule has 4 N–H and O–H groups in total. The molecule has 0 spiro atoms. The fourth-order valence-electron chi connectivity index (χ4n) is 4.19. The molecule has 0 aliphatic heterocycles. The van der Waals surface area contributed by atoms with Crippen LogP contribution in [0.2, 0.25) is 0 Å². The van der Waals surface area contributed by atoms with Crippen molar-refractivity contribution in [2.24, 2.45) is 5.73 Å². The number of primary amides is 1. The molecule has 3 rings (SSSR count). The number of nitrogens with one attached hydrogen (secondary N) is 2. The Kier molecular flexibility index (Phi) is 8.68. The van der Waals surface area contributed by atoms with Gasteiger partial charge < -0.3 is 25.8 Å². The zero-order chi connectivity index (χ0) is 26.3. The summed E-state index contributed by atoms with van der Waals surface area (Å²) in [6.07, 6.45) is -0.266. The monoisotopic (exact) mass is 495 g/mol. The zero-order valence-corrected chi connectivity index (χ0v) is 20.8. The van der Waals surface area contributed by atoms with Crippen LogP contribution in [0, 0.1) is 0 Å². The smallest absolute Gasteiger partial charge is 0.407 e. The first-order valence-electron chi connectivity index (χ1n) is 11.9. The van der Waals surface area contributed by atoms with Gasteiger partial charge in [-0.3, -0.25) is 14.4 Å². The Bertz CT molecular complexity index is 1080. The number of hydrogen-bond donors (Lipinski definition) is 3. The number of carbonyl (C=O) groups excluding carboxylic acids is 4. The van der Waals surface area contributed by atoms with E-state index >= 15 is 0 Å². The third kappa shape index (κ3) is 7.31. The van der Waals surface area contributed by atoms with Gasteiger partial charge in [0.1, 0.15) is 18.2 Å². The van der Waals surface area contributed by atoms with Crippen LogP contribution in [-0.4, -0.2) is 48.7 Å². The number of nitrogens with two attached hydrogens (primary N) is 1. The van der Waals surface area contributed by atoms with E-state index in [2.05, 4.69) is 10.6 Å². The van der Waals surface area contributed by atoms with E-state index in [0.717, 1.165) is 22.3 Å². The third-order valence-corrected chi connectivity index (χ3v) is 5.68. The van der Waals surface area contributed by atoms with Crippen LogP contribution in [0.1, 0.15) is 57.1 Å². The molecule has 3 amide bonds. The summed E-state index contributed by atoms with van der Waals surface area (Å²) in [5.41, 5.74) is 8.84.